The number of carbonyl (C=O) groups excluding carboxylic acids is 1. The highest BCUT2D eigenvalue weighted by Gasteiger charge is 2.15. The van der Waals surface area contributed by atoms with Crippen molar-refractivity contribution in [1.29, 1.82) is 0 Å². The van der Waals surface area contributed by atoms with Gasteiger partial charge in [-0.1, -0.05) is 45.4 Å². The second kappa shape index (κ2) is 8.97. The van der Waals surface area contributed by atoms with Crippen LogP contribution in [0.15, 0.2) is 17.0 Å². The van der Waals surface area contributed by atoms with E-state index in [9.17, 15) is 4.79 Å². The molecule has 0 fully saturated rings. The lowest BCUT2D eigenvalue weighted by Gasteiger charge is -2.03. The molecule has 0 bridgehead atoms. The van der Waals surface area contributed by atoms with E-state index in [1.807, 2.05) is 0 Å². The average Bonchev–Trinajstić information content (AvgIpc) is 3.18. The van der Waals surface area contributed by atoms with Crippen LogP contribution < -0.4 is 11.1 Å². The van der Waals surface area contributed by atoms with Crippen molar-refractivity contribution in [3.63, 3.8) is 0 Å². The quantitative estimate of drug-likeness (QED) is 0.583. The number of oxazole rings is 1. The predicted octanol–water partition coefficient (Wildman–Crippen LogP) is 3.13. The van der Waals surface area contributed by atoms with Crippen LogP contribution in [0, 0.1) is 0 Å². The Morgan fingerprint density at radius 2 is 2.00 bits per heavy atom. The molecule has 0 aromatic carbocycles. The molecule has 7 heteroatoms. The number of amides is 1. The lowest BCUT2D eigenvalue weighted by atomic mass is 10.1. The second-order valence-electron chi connectivity index (χ2n) is 5.58. The van der Waals surface area contributed by atoms with E-state index in [2.05, 4.69) is 27.2 Å². The molecule has 2 rings (SSSR count). The Morgan fingerprint density at radius 3 is 2.70 bits per heavy atom. The van der Waals surface area contributed by atoms with Crippen molar-refractivity contribution >= 4 is 11.7 Å². The number of aromatic amines is 1. The molecule has 0 saturated carbocycles. The number of carbonyl (C=O) groups is 1. The highest BCUT2D eigenvalue weighted by Crippen LogP contribution is 2.20. The number of nitrogens with zero attached hydrogens (tertiary/aromatic N) is 2. The van der Waals surface area contributed by atoms with Gasteiger partial charge in [-0.05, 0) is 6.42 Å². The number of imidazole rings is 1. The van der Waals surface area contributed by atoms with Gasteiger partial charge in [0.1, 0.15) is 12.0 Å². The van der Waals surface area contributed by atoms with Crippen LogP contribution >= 0.6 is 0 Å². The highest BCUT2D eigenvalue weighted by molar-refractivity contribution is 5.92. The molecular formula is C16H25N5O2. The van der Waals surface area contributed by atoms with E-state index >= 15 is 0 Å². The molecule has 0 aliphatic rings. The van der Waals surface area contributed by atoms with Gasteiger partial charge in [0.2, 0.25) is 5.89 Å². The minimum Gasteiger partial charge on any atom is -0.442 e. The van der Waals surface area contributed by atoms with Crippen molar-refractivity contribution in [3.05, 3.63) is 18.3 Å². The third-order valence-corrected chi connectivity index (χ3v) is 3.69. The highest BCUT2D eigenvalue weighted by atomic mass is 16.3. The molecule has 0 spiro atoms. The zero-order valence-corrected chi connectivity index (χ0v) is 13.6. The van der Waals surface area contributed by atoms with E-state index in [1.54, 1.807) is 0 Å². The van der Waals surface area contributed by atoms with Crippen LogP contribution in [0.3, 0.4) is 0 Å². The Kier molecular flexibility index (Phi) is 6.65. The van der Waals surface area contributed by atoms with Crippen molar-refractivity contribution in [2.24, 2.45) is 0 Å². The van der Waals surface area contributed by atoms with Crippen molar-refractivity contribution in [2.75, 3.05) is 12.3 Å². The zero-order chi connectivity index (χ0) is 16.5. The number of nitrogens with two attached hydrogens (primary N) is 1. The van der Waals surface area contributed by atoms with Gasteiger partial charge in [0.15, 0.2) is 11.5 Å². The molecule has 0 unspecified atom stereocenters. The van der Waals surface area contributed by atoms with E-state index in [0.29, 0.717) is 18.1 Å². The third-order valence-electron chi connectivity index (χ3n) is 3.69. The lowest BCUT2D eigenvalue weighted by Crippen LogP contribution is -2.24. The van der Waals surface area contributed by atoms with E-state index in [1.165, 1.54) is 44.7 Å². The summed E-state index contributed by atoms with van der Waals surface area (Å²) in [6.07, 6.45) is 11.3. The summed E-state index contributed by atoms with van der Waals surface area (Å²) in [5, 5.41) is 2.86. The van der Waals surface area contributed by atoms with Gasteiger partial charge in [0, 0.05) is 6.54 Å². The molecule has 4 N–H and O–H groups in total. The minimum absolute atomic E-state index is 0.232. The summed E-state index contributed by atoms with van der Waals surface area (Å²) in [5.41, 5.74) is 6.40. The van der Waals surface area contributed by atoms with Crippen LogP contribution in [0.25, 0.3) is 11.6 Å². The maximum absolute atomic E-state index is 12.0. The maximum atomic E-state index is 12.0. The van der Waals surface area contributed by atoms with Crippen molar-refractivity contribution < 1.29 is 9.21 Å². The van der Waals surface area contributed by atoms with Gasteiger partial charge in [-0.15, -0.1) is 0 Å². The van der Waals surface area contributed by atoms with Gasteiger partial charge >= 0.3 is 0 Å². The Balaban J connectivity index is 1.68. The van der Waals surface area contributed by atoms with E-state index in [0.717, 1.165) is 12.8 Å². The largest absolute Gasteiger partial charge is 0.442 e. The summed E-state index contributed by atoms with van der Waals surface area (Å²) in [6, 6.07) is 0. The fourth-order valence-corrected chi connectivity index (χ4v) is 2.34. The molecule has 1 amide bonds. The summed E-state index contributed by atoms with van der Waals surface area (Å²) in [4.78, 5) is 22.8. The first-order valence-electron chi connectivity index (χ1n) is 8.25. The van der Waals surface area contributed by atoms with Gasteiger partial charge < -0.3 is 20.5 Å². The van der Waals surface area contributed by atoms with Gasteiger partial charge in [-0.25, -0.2) is 9.97 Å². The first-order chi connectivity index (χ1) is 11.2. The van der Waals surface area contributed by atoms with Gasteiger partial charge in [0.25, 0.3) is 5.91 Å². The molecule has 7 nitrogen and oxygen atoms in total. The standard InChI is InChI=1S/C16H25N5O2/c1-2-3-4-5-6-7-8-9-18-15(22)12-10-23-16(21-12)13-14(17)20-11-19-13/h10-11H,2-9,17H2,1H3,(H,18,22)(H,19,20). The predicted molar refractivity (Wildman–Crippen MR) is 88.8 cm³/mol. The van der Waals surface area contributed by atoms with Crippen LogP contribution in [-0.2, 0) is 0 Å². The third kappa shape index (κ3) is 5.12. The molecule has 126 valence electrons. The molecular weight excluding hydrogens is 294 g/mol. The van der Waals surface area contributed by atoms with E-state index < -0.39 is 0 Å². The summed E-state index contributed by atoms with van der Waals surface area (Å²) in [5.74, 6) is 0.326. The molecule has 0 aliphatic carbocycles. The maximum Gasteiger partial charge on any atom is 0.273 e. The van der Waals surface area contributed by atoms with Crippen LogP contribution in [0.4, 0.5) is 5.82 Å². The second-order valence-corrected chi connectivity index (χ2v) is 5.58. The minimum atomic E-state index is -0.232. The number of hydrogen-bond donors (Lipinski definition) is 3. The number of unbranched alkanes of at least 4 members (excludes halogenated alkanes) is 6. The number of nitrogen functional groups attached to an aromatic ring is 1. The van der Waals surface area contributed by atoms with Crippen molar-refractivity contribution in [3.8, 4) is 11.6 Å². The normalized spacial score (nSPS) is 10.8. The molecule has 2 aromatic rings. The Morgan fingerprint density at radius 1 is 1.26 bits per heavy atom. The Hall–Kier alpha value is -2.31. The topological polar surface area (TPSA) is 110 Å². The van der Waals surface area contributed by atoms with Crippen LogP contribution in [0.2, 0.25) is 0 Å². The molecule has 0 atom stereocenters. The van der Waals surface area contributed by atoms with Crippen LogP contribution in [-0.4, -0.2) is 27.4 Å². The number of aromatic nitrogens is 3. The molecule has 0 radical (unpaired) electrons. The van der Waals surface area contributed by atoms with Gasteiger partial charge in [-0.3, -0.25) is 4.79 Å². The fraction of sp³-hybridized carbons (Fsp3) is 0.562. The monoisotopic (exact) mass is 319 g/mol. The first kappa shape index (κ1) is 17.1. The number of anilines is 1. The number of H-pyrrole nitrogens is 1. The van der Waals surface area contributed by atoms with Gasteiger partial charge in [-0.2, -0.15) is 0 Å². The summed E-state index contributed by atoms with van der Waals surface area (Å²) >= 11 is 0. The molecule has 23 heavy (non-hydrogen) atoms. The lowest BCUT2D eigenvalue weighted by molar-refractivity contribution is 0.0948. The smallest absolute Gasteiger partial charge is 0.273 e. The molecule has 0 aliphatic heterocycles. The summed E-state index contributed by atoms with van der Waals surface area (Å²) in [6.45, 7) is 2.87. The molecule has 0 saturated heterocycles. The van der Waals surface area contributed by atoms with Crippen molar-refractivity contribution in [2.45, 2.75) is 51.9 Å². The average molecular weight is 319 g/mol. The Bertz CT molecular complexity index is 605. The van der Waals surface area contributed by atoms with E-state index in [-0.39, 0.29) is 17.5 Å². The Labute approximate surface area is 136 Å². The zero-order valence-electron chi connectivity index (χ0n) is 13.6. The van der Waals surface area contributed by atoms with Gasteiger partial charge in [0.05, 0.1) is 6.33 Å². The van der Waals surface area contributed by atoms with E-state index in [4.69, 9.17) is 10.2 Å². The SMILES string of the molecule is CCCCCCCCCNC(=O)c1coc(-c2[nH]cnc2N)n1. The van der Waals surface area contributed by atoms with Crippen molar-refractivity contribution in [1.82, 2.24) is 20.3 Å². The molecule has 2 aromatic heterocycles. The van der Waals surface area contributed by atoms with Crippen LogP contribution in [0.5, 0.6) is 0 Å². The summed E-state index contributed by atoms with van der Waals surface area (Å²) < 4.78 is 5.27. The fourth-order valence-electron chi connectivity index (χ4n) is 2.34. The van der Waals surface area contributed by atoms with Crippen LogP contribution in [0.1, 0.15) is 62.4 Å². The summed E-state index contributed by atoms with van der Waals surface area (Å²) in [7, 11) is 0. The molecule has 2 heterocycles. The number of rotatable bonds is 10. The number of hydrogen-bond acceptors (Lipinski definition) is 5. The number of nitrogens with one attached hydrogen (secondary N) is 2. The first-order valence-corrected chi connectivity index (χ1v) is 8.25.